The Hall–Kier alpha value is -2.52. The van der Waals surface area contributed by atoms with E-state index in [9.17, 15) is 14.4 Å². The number of benzene rings is 1. The summed E-state index contributed by atoms with van der Waals surface area (Å²) in [5, 5.41) is 12.5. The van der Waals surface area contributed by atoms with Crippen LogP contribution >= 0.6 is 11.6 Å². The zero-order chi connectivity index (χ0) is 19.6. The Bertz CT molecular complexity index is 911. The summed E-state index contributed by atoms with van der Waals surface area (Å²) in [7, 11) is 0. The maximum absolute atomic E-state index is 13.1. The number of nitrogens with one attached hydrogen (secondary N) is 1. The third-order valence-corrected chi connectivity index (χ3v) is 5.36. The molecule has 0 saturated heterocycles. The summed E-state index contributed by atoms with van der Waals surface area (Å²) in [5.41, 5.74) is 2.35. The molecule has 27 heavy (non-hydrogen) atoms. The third-order valence-electron chi connectivity index (χ3n) is 5.07. The molecule has 1 N–H and O–H groups in total. The van der Waals surface area contributed by atoms with Gasteiger partial charge in [0.15, 0.2) is 6.61 Å². The SMILES string of the molecule is Cc1c(C#N)c(NC(=O)COc2ccc(F)cc2Cl)n(C2CCCC2)c1C. The Kier molecular flexibility index (Phi) is 5.71. The highest BCUT2D eigenvalue weighted by atomic mass is 35.5. The molecule has 0 unspecified atom stereocenters. The van der Waals surface area contributed by atoms with E-state index < -0.39 is 11.7 Å². The van der Waals surface area contributed by atoms with Crippen molar-refractivity contribution in [2.45, 2.75) is 45.6 Å². The van der Waals surface area contributed by atoms with E-state index in [1.54, 1.807) is 0 Å². The van der Waals surface area contributed by atoms with Crippen LogP contribution in [0.3, 0.4) is 0 Å². The second-order valence-corrected chi connectivity index (χ2v) is 7.17. The van der Waals surface area contributed by atoms with Crippen molar-refractivity contribution in [2.75, 3.05) is 11.9 Å². The number of nitrogens with zero attached hydrogens (tertiary/aromatic N) is 2. The first-order valence-electron chi connectivity index (χ1n) is 8.91. The Labute approximate surface area is 162 Å². The number of carbonyl (C=O) groups is 1. The predicted molar refractivity (Wildman–Crippen MR) is 102 cm³/mol. The molecular formula is C20H21ClFN3O2. The van der Waals surface area contributed by atoms with E-state index in [4.69, 9.17) is 16.3 Å². The van der Waals surface area contributed by atoms with Gasteiger partial charge in [-0.1, -0.05) is 24.4 Å². The summed E-state index contributed by atoms with van der Waals surface area (Å²) < 4.78 is 20.6. The van der Waals surface area contributed by atoms with Gasteiger partial charge in [0.05, 0.1) is 10.6 Å². The molecule has 0 radical (unpaired) electrons. The van der Waals surface area contributed by atoms with Gasteiger partial charge >= 0.3 is 0 Å². The van der Waals surface area contributed by atoms with Gasteiger partial charge in [0.2, 0.25) is 0 Å². The van der Waals surface area contributed by atoms with Crippen LogP contribution in [0.2, 0.25) is 5.02 Å². The Morgan fingerprint density at radius 2 is 2.11 bits per heavy atom. The van der Waals surface area contributed by atoms with Crippen molar-refractivity contribution in [1.29, 1.82) is 5.26 Å². The van der Waals surface area contributed by atoms with Gasteiger partial charge in [0.1, 0.15) is 23.5 Å². The smallest absolute Gasteiger partial charge is 0.263 e. The Balaban J connectivity index is 1.79. The number of hydrogen-bond donors (Lipinski definition) is 1. The van der Waals surface area contributed by atoms with E-state index in [1.807, 2.05) is 13.8 Å². The summed E-state index contributed by atoms with van der Waals surface area (Å²) >= 11 is 5.91. The first kappa shape index (κ1) is 19.2. The lowest BCUT2D eigenvalue weighted by molar-refractivity contribution is -0.118. The monoisotopic (exact) mass is 389 g/mol. The van der Waals surface area contributed by atoms with E-state index in [0.717, 1.165) is 43.0 Å². The molecule has 1 aromatic heterocycles. The number of amides is 1. The number of anilines is 1. The second kappa shape index (κ2) is 8.01. The molecule has 5 nitrogen and oxygen atoms in total. The van der Waals surface area contributed by atoms with Crippen LogP contribution in [0.5, 0.6) is 5.75 Å². The average Bonchev–Trinajstić information content (AvgIpc) is 3.22. The molecule has 0 atom stereocenters. The van der Waals surface area contributed by atoms with Crippen LogP contribution in [-0.4, -0.2) is 17.1 Å². The van der Waals surface area contributed by atoms with Crippen molar-refractivity contribution >= 4 is 23.3 Å². The topological polar surface area (TPSA) is 67.1 Å². The minimum absolute atomic E-state index is 0.0986. The lowest BCUT2D eigenvalue weighted by Gasteiger charge is -2.19. The highest BCUT2D eigenvalue weighted by molar-refractivity contribution is 6.32. The molecule has 1 aliphatic carbocycles. The fourth-order valence-electron chi connectivity index (χ4n) is 3.61. The lowest BCUT2D eigenvalue weighted by atomic mass is 10.2. The van der Waals surface area contributed by atoms with Crippen molar-refractivity contribution < 1.29 is 13.9 Å². The lowest BCUT2D eigenvalue weighted by Crippen LogP contribution is -2.23. The minimum atomic E-state index is -0.476. The van der Waals surface area contributed by atoms with Gasteiger partial charge in [-0.25, -0.2) is 4.39 Å². The molecule has 3 rings (SSSR count). The summed E-state index contributed by atoms with van der Waals surface area (Å²) in [6.07, 6.45) is 4.35. The van der Waals surface area contributed by atoms with Gasteiger partial charge in [0.25, 0.3) is 5.91 Å². The van der Waals surface area contributed by atoms with Crippen LogP contribution in [0.15, 0.2) is 18.2 Å². The Morgan fingerprint density at radius 1 is 1.41 bits per heavy atom. The van der Waals surface area contributed by atoms with Crippen LogP contribution in [0.1, 0.15) is 48.5 Å². The van der Waals surface area contributed by atoms with E-state index in [1.165, 1.54) is 12.1 Å². The first-order chi connectivity index (χ1) is 12.9. The van der Waals surface area contributed by atoms with Gasteiger partial charge < -0.3 is 14.6 Å². The van der Waals surface area contributed by atoms with Crippen LogP contribution in [0.25, 0.3) is 0 Å². The van der Waals surface area contributed by atoms with Gasteiger partial charge in [-0.3, -0.25) is 4.79 Å². The molecular weight excluding hydrogens is 369 g/mol. The average molecular weight is 390 g/mol. The summed E-state index contributed by atoms with van der Waals surface area (Å²) in [6.45, 7) is 3.58. The Morgan fingerprint density at radius 3 is 2.74 bits per heavy atom. The highest BCUT2D eigenvalue weighted by Gasteiger charge is 2.26. The summed E-state index contributed by atoms with van der Waals surface area (Å²) in [5.74, 6) is -0.120. The first-order valence-corrected chi connectivity index (χ1v) is 9.29. The normalized spacial score (nSPS) is 14.2. The standard InChI is InChI=1S/C20H21ClFN3O2/c1-12-13(2)25(15-5-3-4-6-15)20(16(12)10-23)24-19(26)11-27-18-8-7-14(22)9-17(18)21/h7-9,15H,3-6,11H2,1-2H3,(H,24,26). The quantitative estimate of drug-likeness (QED) is 0.790. The number of halogens is 2. The van der Waals surface area contributed by atoms with Crippen molar-refractivity contribution in [3.05, 3.63) is 45.9 Å². The van der Waals surface area contributed by atoms with Gasteiger partial charge in [-0.15, -0.1) is 0 Å². The zero-order valence-electron chi connectivity index (χ0n) is 15.3. The van der Waals surface area contributed by atoms with Crippen molar-refractivity contribution in [1.82, 2.24) is 4.57 Å². The van der Waals surface area contributed by atoms with Crippen molar-refractivity contribution in [3.8, 4) is 11.8 Å². The van der Waals surface area contributed by atoms with Gasteiger partial charge in [-0.05, 0) is 50.5 Å². The van der Waals surface area contributed by atoms with E-state index >= 15 is 0 Å². The molecule has 1 aliphatic rings. The molecule has 1 fully saturated rings. The number of nitriles is 1. The molecule has 1 heterocycles. The molecule has 0 aliphatic heterocycles. The molecule has 0 spiro atoms. The van der Waals surface area contributed by atoms with Crippen LogP contribution in [-0.2, 0) is 4.79 Å². The molecule has 1 amide bonds. The molecule has 7 heteroatoms. The maximum Gasteiger partial charge on any atom is 0.263 e. The third kappa shape index (κ3) is 3.93. The fraction of sp³-hybridized carbons (Fsp3) is 0.400. The molecule has 1 aromatic carbocycles. The molecule has 142 valence electrons. The molecule has 0 bridgehead atoms. The molecule has 1 saturated carbocycles. The van der Waals surface area contributed by atoms with Gasteiger partial charge in [-0.2, -0.15) is 5.26 Å². The van der Waals surface area contributed by atoms with Crippen molar-refractivity contribution in [2.24, 2.45) is 0 Å². The number of rotatable bonds is 5. The highest BCUT2D eigenvalue weighted by Crippen LogP contribution is 2.37. The van der Waals surface area contributed by atoms with Gasteiger partial charge in [0, 0.05) is 11.7 Å². The van der Waals surface area contributed by atoms with E-state index in [2.05, 4.69) is 16.0 Å². The number of aromatic nitrogens is 1. The summed E-state index contributed by atoms with van der Waals surface area (Å²) in [6, 6.07) is 6.20. The fourth-order valence-corrected chi connectivity index (χ4v) is 3.83. The number of carbonyl (C=O) groups excluding carboxylic acids is 1. The van der Waals surface area contributed by atoms with E-state index in [-0.39, 0.29) is 23.4 Å². The van der Waals surface area contributed by atoms with Crippen LogP contribution in [0, 0.1) is 31.0 Å². The maximum atomic E-state index is 13.1. The number of hydrogen-bond acceptors (Lipinski definition) is 3. The summed E-state index contributed by atoms with van der Waals surface area (Å²) in [4.78, 5) is 12.4. The van der Waals surface area contributed by atoms with Crippen molar-refractivity contribution in [3.63, 3.8) is 0 Å². The second-order valence-electron chi connectivity index (χ2n) is 6.77. The minimum Gasteiger partial charge on any atom is -0.482 e. The van der Waals surface area contributed by atoms with Crippen LogP contribution in [0.4, 0.5) is 10.2 Å². The predicted octanol–water partition coefficient (Wildman–Crippen LogP) is 4.90. The number of ether oxygens (including phenoxy) is 1. The zero-order valence-corrected chi connectivity index (χ0v) is 16.1. The van der Waals surface area contributed by atoms with Crippen LogP contribution < -0.4 is 10.1 Å². The largest absolute Gasteiger partial charge is 0.482 e. The molecule has 2 aromatic rings. The van der Waals surface area contributed by atoms with E-state index in [0.29, 0.717) is 11.4 Å².